The number of hydrogen-bond donors (Lipinski definition) is 1. The number of aromatic nitrogens is 3. The molecule has 0 unspecified atom stereocenters. The number of rotatable bonds is 5. The number of ether oxygens (including phenoxy) is 2. The second kappa shape index (κ2) is 6.48. The summed E-state index contributed by atoms with van der Waals surface area (Å²) in [5.74, 6) is 2.14. The Bertz CT molecular complexity index is 880. The fourth-order valence-electron chi connectivity index (χ4n) is 2.39. The van der Waals surface area contributed by atoms with Crippen LogP contribution in [-0.2, 0) is 6.54 Å². The van der Waals surface area contributed by atoms with Crippen molar-refractivity contribution in [1.82, 2.24) is 15.0 Å². The number of nitrogens with two attached hydrogens (primary N) is 1. The highest BCUT2D eigenvalue weighted by Crippen LogP contribution is 2.34. The summed E-state index contributed by atoms with van der Waals surface area (Å²) in [6, 6.07) is 3.59. The van der Waals surface area contributed by atoms with Crippen LogP contribution in [0, 0.1) is 6.92 Å². The van der Waals surface area contributed by atoms with Gasteiger partial charge in [-0.1, -0.05) is 0 Å². The molecule has 2 N–H and O–H groups in total. The van der Waals surface area contributed by atoms with Gasteiger partial charge in [0.25, 0.3) is 0 Å². The summed E-state index contributed by atoms with van der Waals surface area (Å²) in [4.78, 5) is 15.4. The lowest BCUT2D eigenvalue weighted by Crippen LogP contribution is -2.19. The zero-order valence-electron chi connectivity index (χ0n) is 14.0. The van der Waals surface area contributed by atoms with Crippen LogP contribution in [0.1, 0.15) is 10.7 Å². The largest absolute Gasteiger partial charge is 0.493 e. The highest BCUT2D eigenvalue weighted by Gasteiger charge is 2.14. The minimum Gasteiger partial charge on any atom is -0.493 e. The number of nitrogens with zero attached hydrogens (tertiary/aromatic N) is 4. The summed E-state index contributed by atoms with van der Waals surface area (Å²) in [6.07, 6.45) is 0. The van der Waals surface area contributed by atoms with E-state index in [4.69, 9.17) is 15.2 Å². The van der Waals surface area contributed by atoms with Gasteiger partial charge in [-0.2, -0.15) is 4.98 Å². The molecule has 0 aliphatic rings. The molecule has 1 aromatic carbocycles. The first-order valence-corrected chi connectivity index (χ1v) is 8.21. The fraction of sp³-hybridized carbons (Fsp3) is 0.312. The maximum atomic E-state index is 6.12. The third-order valence-electron chi connectivity index (χ3n) is 3.60. The topological polar surface area (TPSA) is 86.4 Å². The fourth-order valence-corrected chi connectivity index (χ4v) is 3.21. The molecule has 3 rings (SSSR count). The maximum absolute atomic E-state index is 6.12. The van der Waals surface area contributed by atoms with Crippen LogP contribution in [0.15, 0.2) is 17.5 Å². The quantitative estimate of drug-likeness (QED) is 0.760. The first-order valence-electron chi connectivity index (χ1n) is 7.33. The molecule has 0 radical (unpaired) electrons. The lowest BCUT2D eigenvalue weighted by molar-refractivity contribution is 0.356. The Morgan fingerprint density at radius 1 is 1.12 bits per heavy atom. The van der Waals surface area contributed by atoms with Crippen LogP contribution in [0.2, 0.25) is 0 Å². The van der Waals surface area contributed by atoms with E-state index in [0.29, 0.717) is 35.3 Å². The predicted octanol–water partition coefficient (Wildman–Crippen LogP) is 2.63. The van der Waals surface area contributed by atoms with Crippen LogP contribution in [0.3, 0.4) is 0 Å². The number of nitrogen functional groups attached to an aromatic ring is 1. The van der Waals surface area contributed by atoms with E-state index in [2.05, 4.69) is 15.0 Å². The van der Waals surface area contributed by atoms with Gasteiger partial charge in [0.2, 0.25) is 5.95 Å². The normalized spacial score (nSPS) is 10.8. The molecule has 3 aromatic rings. The molecule has 126 valence electrons. The van der Waals surface area contributed by atoms with Crippen molar-refractivity contribution in [2.45, 2.75) is 13.5 Å². The third kappa shape index (κ3) is 3.05. The molecule has 0 atom stereocenters. The Balaban J connectivity index is 1.99. The van der Waals surface area contributed by atoms with E-state index in [9.17, 15) is 0 Å². The zero-order chi connectivity index (χ0) is 17.3. The molecular formula is C16H19N5O2S. The summed E-state index contributed by atoms with van der Waals surface area (Å²) in [7, 11) is 5.09. The molecule has 2 aromatic heterocycles. The maximum Gasteiger partial charge on any atom is 0.228 e. The number of anilines is 2. The number of methoxy groups -OCH3 is 2. The number of benzene rings is 1. The van der Waals surface area contributed by atoms with Gasteiger partial charge in [0.1, 0.15) is 10.8 Å². The van der Waals surface area contributed by atoms with Crippen molar-refractivity contribution in [1.29, 1.82) is 0 Å². The minimum atomic E-state index is 0.401. The van der Waals surface area contributed by atoms with Crippen LogP contribution >= 0.6 is 11.3 Å². The van der Waals surface area contributed by atoms with Gasteiger partial charge < -0.3 is 20.1 Å². The number of aryl methyl sites for hydroxylation is 1. The highest BCUT2D eigenvalue weighted by molar-refractivity contribution is 7.09. The number of thiazole rings is 1. The molecule has 0 fully saturated rings. The summed E-state index contributed by atoms with van der Waals surface area (Å²) in [6.45, 7) is 2.60. The molecule has 0 saturated carbocycles. The Kier molecular flexibility index (Phi) is 4.39. The van der Waals surface area contributed by atoms with Crippen molar-refractivity contribution in [3.63, 3.8) is 0 Å². The van der Waals surface area contributed by atoms with Crippen LogP contribution in [0.4, 0.5) is 11.8 Å². The Labute approximate surface area is 144 Å². The highest BCUT2D eigenvalue weighted by atomic mass is 32.1. The van der Waals surface area contributed by atoms with E-state index in [1.165, 1.54) is 0 Å². The van der Waals surface area contributed by atoms with Gasteiger partial charge in [-0.3, -0.25) is 0 Å². The van der Waals surface area contributed by atoms with Crippen LogP contribution in [-0.4, -0.2) is 36.2 Å². The molecular weight excluding hydrogens is 326 g/mol. The molecule has 0 amide bonds. The third-order valence-corrected chi connectivity index (χ3v) is 4.55. The van der Waals surface area contributed by atoms with E-state index in [1.54, 1.807) is 37.7 Å². The lowest BCUT2D eigenvalue weighted by atomic mass is 10.2. The molecule has 0 spiro atoms. The second-order valence-electron chi connectivity index (χ2n) is 5.37. The van der Waals surface area contributed by atoms with Crippen molar-refractivity contribution in [3.05, 3.63) is 28.2 Å². The average molecular weight is 345 g/mol. The SMILES string of the molecule is COc1cc2nc(N(C)Cc3nc(C)cs3)nc(N)c2cc1OC. The van der Waals surface area contributed by atoms with E-state index in [1.807, 2.05) is 24.3 Å². The molecule has 0 saturated heterocycles. The lowest BCUT2D eigenvalue weighted by Gasteiger charge is -2.17. The number of fused-ring (bicyclic) bond motifs is 1. The average Bonchev–Trinajstić information content (AvgIpc) is 2.98. The smallest absolute Gasteiger partial charge is 0.228 e. The molecule has 24 heavy (non-hydrogen) atoms. The van der Waals surface area contributed by atoms with Crippen molar-refractivity contribution < 1.29 is 9.47 Å². The molecule has 7 nitrogen and oxygen atoms in total. The van der Waals surface area contributed by atoms with Gasteiger partial charge in [-0.25, -0.2) is 9.97 Å². The summed E-state index contributed by atoms with van der Waals surface area (Å²) in [5.41, 5.74) is 7.84. The van der Waals surface area contributed by atoms with E-state index in [-0.39, 0.29) is 0 Å². The predicted molar refractivity (Wildman–Crippen MR) is 96.0 cm³/mol. The van der Waals surface area contributed by atoms with Gasteiger partial charge >= 0.3 is 0 Å². The van der Waals surface area contributed by atoms with Gasteiger partial charge in [0.05, 0.1) is 26.3 Å². The Morgan fingerprint density at radius 3 is 2.46 bits per heavy atom. The summed E-state index contributed by atoms with van der Waals surface area (Å²) < 4.78 is 10.6. The minimum absolute atomic E-state index is 0.401. The van der Waals surface area contributed by atoms with Crippen LogP contribution in [0.5, 0.6) is 11.5 Å². The van der Waals surface area contributed by atoms with Crippen LogP contribution < -0.4 is 20.1 Å². The van der Waals surface area contributed by atoms with Gasteiger partial charge in [0.15, 0.2) is 11.5 Å². The zero-order valence-corrected chi connectivity index (χ0v) is 14.8. The monoisotopic (exact) mass is 345 g/mol. The number of hydrogen-bond acceptors (Lipinski definition) is 8. The standard InChI is InChI=1S/C16H19N5O2S/c1-9-8-24-14(18-9)7-21(2)16-19-11-6-13(23-4)12(22-3)5-10(11)15(17)20-16/h5-6,8H,7H2,1-4H3,(H2,17,19,20). The first-order chi connectivity index (χ1) is 11.5. The second-order valence-corrected chi connectivity index (χ2v) is 6.31. The Morgan fingerprint density at radius 2 is 1.83 bits per heavy atom. The molecule has 0 aliphatic heterocycles. The van der Waals surface area contributed by atoms with Gasteiger partial charge in [0, 0.05) is 29.6 Å². The van der Waals surface area contributed by atoms with E-state index in [0.717, 1.165) is 16.1 Å². The van der Waals surface area contributed by atoms with Gasteiger partial charge in [-0.15, -0.1) is 11.3 Å². The van der Waals surface area contributed by atoms with Gasteiger partial charge in [-0.05, 0) is 13.0 Å². The first kappa shape index (κ1) is 16.3. The molecule has 2 heterocycles. The van der Waals surface area contributed by atoms with E-state index >= 15 is 0 Å². The van der Waals surface area contributed by atoms with Crippen molar-refractivity contribution in [3.8, 4) is 11.5 Å². The molecule has 0 aliphatic carbocycles. The van der Waals surface area contributed by atoms with Crippen LogP contribution in [0.25, 0.3) is 10.9 Å². The summed E-state index contributed by atoms with van der Waals surface area (Å²) in [5, 5.41) is 3.76. The van der Waals surface area contributed by atoms with E-state index < -0.39 is 0 Å². The summed E-state index contributed by atoms with van der Waals surface area (Å²) >= 11 is 1.62. The Hall–Kier alpha value is -2.61. The van der Waals surface area contributed by atoms with Crippen molar-refractivity contribution >= 4 is 34.0 Å². The van der Waals surface area contributed by atoms with Crippen molar-refractivity contribution in [2.75, 3.05) is 31.9 Å². The molecule has 0 bridgehead atoms. The molecule has 8 heteroatoms. The van der Waals surface area contributed by atoms with Crippen molar-refractivity contribution in [2.24, 2.45) is 0 Å².